The van der Waals surface area contributed by atoms with E-state index < -0.39 is 0 Å². The van der Waals surface area contributed by atoms with Crippen LogP contribution in [0, 0.1) is 0 Å². The number of nitrogens with zero attached hydrogens (tertiary/aromatic N) is 3. The molecule has 1 aromatic carbocycles. The van der Waals surface area contributed by atoms with Crippen molar-refractivity contribution in [1.82, 2.24) is 14.4 Å². The Morgan fingerprint density at radius 3 is 2.95 bits per heavy atom. The van der Waals surface area contributed by atoms with Crippen molar-refractivity contribution in [1.29, 1.82) is 0 Å². The number of aryl methyl sites for hydroxylation is 2. The van der Waals surface area contributed by atoms with Gasteiger partial charge in [0.15, 0.2) is 10.1 Å². The van der Waals surface area contributed by atoms with E-state index in [1.165, 1.54) is 21.0 Å². The normalized spacial score (nSPS) is 13.8. The molecular formula is C14H10N4S2. The highest BCUT2D eigenvalue weighted by atomic mass is 32.1. The van der Waals surface area contributed by atoms with Gasteiger partial charge in [0.1, 0.15) is 0 Å². The van der Waals surface area contributed by atoms with Crippen LogP contribution in [-0.4, -0.2) is 14.4 Å². The molecule has 20 heavy (non-hydrogen) atoms. The molecular weight excluding hydrogens is 288 g/mol. The zero-order valence-electron chi connectivity index (χ0n) is 10.5. The predicted octanol–water partition coefficient (Wildman–Crippen LogP) is 3.35. The molecule has 4 nitrogen and oxygen atoms in total. The third-order valence-electron chi connectivity index (χ3n) is 3.77. The van der Waals surface area contributed by atoms with Crippen LogP contribution in [-0.2, 0) is 12.8 Å². The topological polar surface area (TPSA) is 56.2 Å². The highest BCUT2D eigenvalue weighted by Crippen LogP contribution is 2.42. The van der Waals surface area contributed by atoms with Crippen molar-refractivity contribution in [3.05, 3.63) is 34.8 Å². The van der Waals surface area contributed by atoms with Crippen LogP contribution in [0.15, 0.2) is 24.3 Å². The number of thiazole rings is 2. The zero-order valence-corrected chi connectivity index (χ0v) is 12.1. The summed E-state index contributed by atoms with van der Waals surface area (Å²) in [4.78, 5) is 12.8. The number of para-hydroxylation sites is 2. The Balaban J connectivity index is 1.92. The molecule has 2 N–H and O–H groups in total. The van der Waals surface area contributed by atoms with Gasteiger partial charge < -0.3 is 5.73 Å². The maximum absolute atomic E-state index is 5.87. The third kappa shape index (κ3) is 1.25. The monoisotopic (exact) mass is 298 g/mol. The van der Waals surface area contributed by atoms with Gasteiger partial charge in [0, 0.05) is 10.6 Å². The fourth-order valence-corrected chi connectivity index (χ4v) is 5.05. The van der Waals surface area contributed by atoms with Crippen LogP contribution in [0.3, 0.4) is 0 Å². The molecule has 0 saturated heterocycles. The van der Waals surface area contributed by atoms with Crippen LogP contribution in [0.25, 0.3) is 26.6 Å². The van der Waals surface area contributed by atoms with E-state index in [9.17, 15) is 0 Å². The molecule has 5 rings (SSSR count). The Labute approximate surface area is 122 Å². The van der Waals surface area contributed by atoms with Gasteiger partial charge in [-0.2, -0.15) is 0 Å². The summed E-state index contributed by atoms with van der Waals surface area (Å²) >= 11 is 3.34. The van der Waals surface area contributed by atoms with Crippen molar-refractivity contribution in [2.75, 3.05) is 5.73 Å². The molecule has 0 amide bonds. The number of hydrogen-bond acceptors (Lipinski definition) is 5. The predicted molar refractivity (Wildman–Crippen MR) is 83.5 cm³/mol. The Hall–Kier alpha value is -1.92. The Bertz CT molecular complexity index is 976. The van der Waals surface area contributed by atoms with Gasteiger partial charge in [-0.25, -0.2) is 9.97 Å². The maximum Gasteiger partial charge on any atom is 0.195 e. The maximum atomic E-state index is 5.87. The molecule has 4 aromatic rings. The van der Waals surface area contributed by atoms with Gasteiger partial charge in [-0.05, 0) is 25.0 Å². The van der Waals surface area contributed by atoms with Crippen LogP contribution < -0.4 is 5.73 Å². The number of benzene rings is 1. The first kappa shape index (κ1) is 10.8. The summed E-state index contributed by atoms with van der Waals surface area (Å²) in [6, 6.07) is 8.30. The highest BCUT2D eigenvalue weighted by Gasteiger charge is 2.26. The smallest absolute Gasteiger partial charge is 0.195 e. The second kappa shape index (κ2) is 3.59. The van der Waals surface area contributed by atoms with Crippen LogP contribution in [0.1, 0.15) is 10.6 Å². The molecule has 3 aromatic heterocycles. The van der Waals surface area contributed by atoms with E-state index in [2.05, 4.69) is 27.6 Å². The molecule has 1 aliphatic carbocycles. The highest BCUT2D eigenvalue weighted by molar-refractivity contribution is 7.21. The van der Waals surface area contributed by atoms with Crippen molar-refractivity contribution >= 4 is 43.8 Å². The molecule has 0 unspecified atom stereocenters. The molecule has 3 heterocycles. The minimum Gasteiger partial charge on any atom is -0.375 e. The first-order chi connectivity index (χ1) is 9.81. The summed E-state index contributed by atoms with van der Waals surface area (Å²) < 4.78 is 2.29. The summed E-state index contributed by atoms with van der Waals surface area (Å²) in [6.07, 6.45) is 2.06. The lowest BCUT2D eigenvalue weighted by Gasteiger charge is -2.10. The van der Waals surface area contributed by atoms with Gasteiger partial charge in [0.05, 0.1) is 21.6 Å². The summed E-state index contributed by atoms with van der Waals surface area (Å²) in [5.41, 5.74) is 10.5. The van der Waals surface area contributed by atoms with E-state index in [4.69, 9.17) is 10.7 Å². The van der Waals surface area contributed by atoms with E-state index in [0.717, 1.165) is 29.0 Å². The van der Waals surface area contributed by atoms with Crippen molar-refractivity contribution < 1.29 is 0 Å². The molecule has 98 valence electrons. The average molecular weight is 298 g/mol. The number of imidazole rings is 1. The zero-order chi connectivity index (χ0) is 13.3. The molecule has 0 aliphatic heterocycles. The fraction of sp³-hybridized carbons (Fsp3) is 0.143. The minimum absolute atomic E-state index is 0.666. The van der Waals surface area contributed by atoms with Gasteiger partial charge >= 0.3 is 0 Å². The van der Waals surface area contributed by atoms with Crippen LogP contribution in [0.4, 0.5) is 5.13 Å². The van der Waals surface area contributed by atoms with Crippen molar-refractivity contribution in [3.8, 4) is 10.6 Å². The molecule has 0 spiro atoms. The lowest BCUT2D eigenvalue weighted by Crippen LogP contribution is -2.02. The molecule has 0 bridgehead atoms. The first-order valence-corrected chi connectivity index (χ1v) is 8.09. The van der Waals surface area contributed by atoms with Crippen LogP contribution in [0.2, 0.25) is 0 Å². The number of rotatable bonds is 0. The molecule has 0 atom stereocenters. The SMILES string of the molecule is Nc1nc2c(s1)CCc1c-2sc2nc3ccccc3n12. The van der Waals surface area contributed by atoms with Gasteiger partial charge in [0.25, 0.3) is 0 Å². The fourth-order valence-electron chi connectivity index (χ4n) is 2.94. The van der Waals surface area contributed by atoms with Crippen LogP contribution >= 0.6 is 22.7 Å². The number of nitrogens with two attached hydrogens (primary N) is 1. The van der Waals surface area contributed by atoms with Crippen molar-refractivity contribution in [2.24, 2.45) is 0 Å². The summed E-state index contributed by atoms with van der Waals surface area (Å²) in [5.74, 6) is 0. The van der Waals surface area contributed by atoms with Crippen molar-refractivity contribution in [2.45, 2.75) is 12.8 Å². The molecule has 0 fully saturated rings. The summed E-state index contributed by atoms with van der Waals surface area (Å²) in [7, 11) is 0. The Kier molecular flexibility index (Phi) is 1.94. The summed E-state index contributed by atoms with van der Waals surface area (Å²) in [5, 5.41) is 0.666. The summed E-state index contributed by atoms with van der Waals surface area (Å²) in [6.45, 7) is 0. The lowest BCUT2D eigenvalue weighted by atomic mass is 10.1. The number of anilines is 1. The van der Waals surface area contributed by atoms with E-state index in [1.807, 2.05) is 6.07 Å². The Morgan fingerprint density at radius 2 is 2.00 bits per heavy atom. The molecule has 0 radical (unpaired) electrons. The van der Waals surface area contributed by atoms with Gasteiger partial charge in [-0.15, -0.1) is 11.3 Å². The number of aromatic nitrogens is 3. The van der Waals surface area contributed by atoms with Gasteiger partial charge in [0.2, 0.25) is 0 Å². The second-order valence-electron chi connectivity index (χ2n) is 4.92. The minimum atomic E-state index is 0.666. The first-order valence-electron chi connectivity index (χ1n) is 6.45. The van der Waals surface area contributed by atoms with Crippen molar-refractivity contribution in [3.63, 3.8) is 0 Å². The standard InChI is InChI=1S/C14H10N4S2/c15-13-17-11-10(19-13)6-5-9-12(11)20-14-16-7-3-1-2-4-8(7)18(9)14/h1-4H,5-6H2,(H2,15,17). The quantitative estimate of drug-likeness (QED) is 0.541. The Morgan fingerprint density at radius 1 is 1.10 bits per heavy atom. The largest absolute Gasteiger partial charge is 0.375 e. The number of nitrogen functional groups attached to an aromatic ring is 1. The van der Waals surface area contributed by atoms with E-state index in [1.54, 1.807) is 22.7 Å². The van der Waals surface area contributed by atoms with E-state index in [0.29, 0.717) is 5.13 Å². The van der Waals surface area contributed by atoms with Gasteiger partial charge in [-0.1, -0.05) is 23.5 Å². The van der Waals surface area contributed by atoms with Gasteiger partial charge in [-0.3, -0.25) is 4.40 Å². The second-order valence-corrected chi connectivity index (χ2v) is 7.01. The van der Waals surface area contributed by atoms with E-state index >= 15 is 0 Å². The average Bonchev–Trinajstić information content (AvgIpc) is 3.07. The number of fused-ring (bicyclic) bond motifs is 7. The molecule has 1 aliphatic rings. The third-order valence-corrected chi connectivity index (χ3v) is 5.81. The van der Waals surface area contributed by atoms with E-state index in [-0.39, 0.29) is 0 Å². The molecule has 0 saturated carbocycles. The lowest BCUT2D eigenvalue weighted by molar-refractivity contribution is 0.904. The number of hydrogen-bond donors (Lipinski definition) is 1. The molecule has 6 heteroatoms. The van der Waals surface area contributed by atoms with Crippen LogP contribution in [0.5, 0.6) is 0 Å².